The van der Waals surface area contributed by atoms with Gasteiger partial charge in [0.1, 0.15) is 5.75 Å². The molecule has 0 bridgehead atoms. The molecular weight excluding hydrogens is 220 g/mol. The normalized spacial score (nSPS) is 14.4. The average Bonchev–Trinajstić information content (AvgIpc) is 3.01. The molecule has 3 nitrogen and oxygen atoms in total. The van der Waals surface area contributed by atoms with Crippen LogP contribution in [-0.4, -0.2) is 18.3 Å². The van der Waals surface area contributed by atoms with Crippen molar-refractivity contribution in [3.63, 3.8) is 0 Å². The molecule has 1 aliphatic carbocycles. The molecule has 1 aliphatic rings. The largest absolute Gasteiger partial charge is 0.496 e. The summed E-state index contributed by atoms with van der Waals surface area (Å²) in [6, 6.07) is 6.52. The minimum atomic E-state index is 0.583. The number of nitrogens with one attached hydrogen (secondary N) is 2. The maximum atomic E-state index is 5.20. The van der Waals surface area contributed by atoms with Crippen molar-refractivity contribution >= 4 is 23.0 Å². The van der Waals surface area contributed by atoms with Gasteiger partial charge in [-0.2, -0.15) is 0 Å². The van der Waals surface area contributed by atoms with E-state index in [1.165, 1.54) is 12.8 Å². The minimum Gasteiger partial charge on any atom is -0.496 e. The first kappa shape index (κ1) is 11.2. The quantitative estimate of drug-likeness (QED) is 0.790. The third-order valence-electron chi connectivity index (χ3n) is 2.57. The van der Waals surface area contributed by atoms with Crippen LogP contribution in [0.15, 0.2) is 18.2 Å². The first-order chi connectivity index (χ1) is 7.69. The second-order valence-electron chi connectivity index (χ2n) is 4.06. The van der Waals surface area contributed by atoms with Crippen LogP contribution in [0.3, 0.4) is 0 Å². The van der Waals surface area contributed by atoms with Crippen molar-refractivity contribution < 1.29 is 4.74 Å². The van der Waals surface area contributed by atoms with Gasteiger partial charge in [0.25, 0.3) is 0 Å². The van der Waals surface area contributed by atoms with Crippen molar-refractivity contribution in [3.05, 3.63) is 23.8 Å². The van der Waals surface area contributed by atoms with E-state index in [2.05, 4.69) is 10.6 Å². The fourth-order valence-electron chi connectivity index (χ4n) is 1.54. The van der Waals surface area contributed by atoms with Crippen molar-refractivity contribution in [2.45, 2.75) is 25.8 Å². The van der Waals surface area contributed by atoms with E-state index in [1.807, 2.05) is 25.1 Å². The van der Waals surface area contributed by atoms with Crippen molar-refractivity contribution in [1.29, 1.82) is 0 Å². The van der Waals surface area contributed by atoms with Gasteiger partial charge in [0.2, 0.25) is 0 Å². The Morgan fingerprint density at radius 1 is 1.44 bits per heavy atom. The highest BCUT2D eigenvalue weighted by molar-refractivity contribution is 7.80. The number of methoxy groups -OCH3 is 1. The van der Waals surface area contributed by atoms with E-state index in [9.17, 15) is 0 Å². The summed E-state index contributed by atoms with van der Waals surface area (Å²) < 4.78 is 5.20. The summed E-state index contributed by atoms with van der Waals surface area (Å²) >= 11 is 5.20. The Morgan fingerprint density at radius 2 is 2.19 bits per heavy atom. The van der Waals surface area contributed by atoms with Gasteiger partial charge in [0.15, 0.2) is 5.11 Å². The monoisotopic (exact) mass is 236 g/mol. The Morgan fingerprint density at radius 3 is 2.75 bits per heavy atom. The molecule has 0 aromatic heterocycles. The molecule has 0 spiro atoms. The predicted octanol–water partition coefficient (Wildman–Crippen LogP) is 2.45. The molecule has 0 heterocycles. The summed E-state index contributed by atoms with van der Waals surface area (Å²) in [6.07, 6.45) is 2.45. The second kappa shape index (κ2) is 4.70. The fraction of sp³-hybridized carbons (Fsp3) is 0.417. The van der Waals surface area contributed by atoms with E-state index in [4.69, 9.17) is 17.0 Å². The molecule has 16 heavy (non-hydrogen) atoms. The zero-order chi connectivity index (χ0) is 11.5. The molecule has 0 atom stereocenters. The zero-order valence-corrected chi connectivity index (χ0v) is 10.4. The summed E-state index contributed by atoms with van der Waals surface area (Å²) in [5.74, 6) is 0.895. The second-order valence-corrected chi connectivity index (χ2v) is 4.47. The van der Waals surface area contributed by atoms with Gasteiger partial charge in [-0.1, -0.05) is 0 Å². The predicted molar refractivity (Wildman–Crippen MR) is 70.1 cm³/mol. The Bertz CT molecular complexity index is 402. The van der Waals surface area contributed by atoms with E-state index < -0.39 is 0 Å². The Balaban J connectivity index is 1.97. The molecule has 1 fully saturated rings. The van der Waals surface area contributed by atoms with Crippen LogP contribution in [0.25, 0.3) is 0 Å². The van der Waals surface area contributed by atoms with Crippen molar-refractivity contribution in [3.8, 4) is 5.75 Å². The van der Waals surface area contributed by atoms with Gasteiger partial charge in [-0.05, 0) is 55.7 Å². The van der Waals surface area contributed by atoms with E-state index in [0.717, 1.165) is 17.0 Å². The van der Waals surface area contributed by atoms with Crippen molar-refractivity contribution in [2.24, 2.45) is 0 Å². The van der Waals surface area contributed by atoms with Crippen LogP contribution in [0.4, 0.5) is 5.69 Å². The van der Waals surface area contributed by atoms with Gasteiger partial charge in [-0.25, -0.2) is 0 Å². The summed E-state index contributed by atoms with van der Waals surface area (Å²) in [6.45, 7) is 2.02. The number of anilines is 1. The van der Waals surface area contributed by atoms with Crippen LogP contribution in [0, 0.1) is 6.92 Å². The minimum absolute atomic E-state index is 0.583. The molecule has 2 N–H and O–H groups in total. The Kier molecular flexibility index (Phi) is 3.29. The number of aryl methyl sites for hydroxylation is 1. The molecule has 0 amide bonds. The summed E-state index contributed by atoms with van der Waals surface area (Å²) in [5, 5.41) is 7.11. The van der Waals surface area contributed by atoms with Crippen LogP contribution in [0.2, 0.25) is 0 Å². The van der Waals surface area contributed by atoms with Crippen LogP contribution >= 0.6 is 12.2 Å². The number of hydrogen-bond acceptors (Lipinski definition) is 2. The first-order valence-electron chi connectivity index (χ1n) is 5.41. The van der Waals surface area contributed by atoms with Gasteiger partial charge in [-0.3, -0.25) is 0 Å². The van der Waals surface area contributed by atoms with Gasteiger partial charge in [0, 0.05) is 11.7 Å². The van der Waals surface area contributed by atoms with Crippen LogP contribution in [-0.2, 0) is 0 Å². The lowest BCUT2D eigenvalue weighted by atomic mass is 10.2. The Hall–Kier alpha value is -1.29. The highest BCUT2D eigenvalue weighted by Gasteiger charge is 2.21. The van der Waals surface area contributed by atoms with Crippen LogP contribution < -0.4 is 15.4 Å². The molecule has 1 aromatic carbocycles. The van der Waals surface area contributed by atoms with Gasteiger partial charge in [0.05, 0.1) is 7.11 Å². The molecule has 4 heteroatoms. The van der Waals surface area contributed by atoms with Gasteiger partial charge >= 0.3 is 0 Å². The fourth-order valence-corrected chi connectivity index (χ4v) is 1.82. The molecule has 0 saturated heterocycles. The third-order valence-corrected chi connectivity index (χ3v) is 2.79. The highest BCUT2D eigenvalue weighted by atomic mass is 32.1. The summed E-state index contributed by atoms with van der Waals surface area (Å²) in [7, 11) is 1.68. The lowest BCUT2D eigenvalue weighted by Crippen LogP contribution is -2.30. The van der Waals surface area contributed by atoms with E-state index in [0.29, 0.717) is 11.2 Å². The molecule has 2 rings (SSSR count). The van der Waals surface area contributed by atoms with Gasteiger partial charge in [-0.15, -0.1) is 0 Å². The SMILES string of the molecule is COc1ccc(NC(=S)NC2CC2)cc1C. The smallest absolute Gasteiger partial charge is 0.170 e. The van der Waals surface area contributed by atoms with Crippen molar-refractivity contribution in [2.75, 3.05) is 12.4 Å². The molecule has 0 radical (unpaired) electrons. The third kappa shape index (κ3) is 2.85. The lowest BCUT2D eigenvalue weighted by molar-refractivity contribution is 0.412. The van der Waals surface area contributed by atoms with E-state index in [1.54, 1.807) is 7.11 Å². The number of ether oxygens (including phenoxy) is 1. The molecule has 0 aliphatic heterocycles. The number of hydrogen-bond donors (Lipinski definition) is 2. The first-order valence-corrected chi connectivity index (χ1v) is 5.82. The maximum absolute atomic E-state index is 5.20. The van der Waals surface area contributed by atoms with Crippen molar-refractivity contribution in [1.82, 2.24) is 5.32 Å². The lowest BCUT2D eigenvalue weighted by Gasteiger charge is -2.11. The molecule has 86 valence electrons. The number of thiocarbonyl (C=S) groups is 1. The molecule has 1 saturated carbocycles. The average molecular weight is 236 g/mol. The van der Waals surface area contributed by atoms with E-state index in [-0.39, 0.29) is 0 Å². The summed E-state index contributed by atoms with van der Waals surface area (Å²) in [4.78, 5) is 0. The standard InChI is InChI=1S/C12H16N2OS/c1-8-7-10(5-6-11(8)15-2)14-12(16)13-9-3-4-9/h5-7,9H,3-4H2,1-2H3,(H2,13,14,16). The number of rotatable bonds is 3. The zero-order valence-electron chi connectivity index (χ0n) is 9.54. The molecular formula is C12H16N2OS. The van der Waals surface area contributed by atoms with E-state index >= 15 is 0 Å². The molecule has 1 aromatic rings. The van der Waals surface area contributed by atoms with Crippen LogP contribution in [0.5, 0.6) is 5.75 Å². The van der Waals surface area contributed by atoms with Gasteiger partial charge < -0.3 is 15.4 Å². The summed E-state index contributed by atoms with van der Waals surface area (Å²) in [5.41, 5.74) is 2.10. The Labute approximate surface area is 101 Å². The maximum Gasteiger partial charge on any atom is 0.170 e. The highest BCUT2D eigenvalue weighted by Crippen LogP contribution is 2.22. The topological polar surface area (TPSA) is 33.3 Å². The number of benzene rings is 1. The van der Waals surface area contributed by atoms with Crippen LogP contribution in [0.1, 0.15) is 18.4 Å². The molecule has 0 unspecified atom stereocenters.